The summed E-state index contributed by atoms with van der Waals surface area (Å²) in [4.78, 5) is 13.9. The van der Waals surface area contributed by atoms with E-state index in [0.717, 1.165) is 51.7 Å². The van der Waals surface area contributed by atoms with Crippen LogP contribution in [0.25, 0.3) is 0 Å². The number of unbranched alkanes of at least 4 members (excludes halogenated alkanes) is 2. The smallest absolute Gasteiger partial charge is 0.224 e. The number of rotatable bonds is 7. The summed E-state index contributed by atoms with van der Waals surface area (Å²) in [6, 6.07) is 0. The summed E-state index contributed by atoms with van der Waals surface area (Å²) in [6.07, 6.45) is 5.39. The molecular weight excluding hydrogens is 219 g/mol. The highest BCUT2D eigenvalue weighted by atomic mass is 19.1. The molecule has 0 saturated carbocycles. The quantitative estimate of drug-likeness (QED) is 0.697. The van der Waals surface area contributed by atoms with Crippen LogP contribution in [0.1, 0.15) is 45.4 Å². The predicted molar refractivity (Wildman–Crippen MR) is 67.4 cm³/mol. The molecule has 100 valence electrons. The molecule has 3 nitrogen and oxygen atoms in total. The molecule has 1 amide bonds. The molecular formula is C13H25FN2O. The molecule has 1 aliphatic heterocycles. The normalized spacial score (nSPS) is 26.0. The number of primary amides is 1. The van der Waals surface area contributed by atoms with Crippen molar-refractivity contribution in [2.75, 3.05) is 26.3 Å². The first-order valence-corrected chi connectivity index (χ1v) is 6.73. The van der Waals surface area contributed by atoms with Gasteiger partial charge in [-0.25, -0.2) is 0 Å². The second-order valence-electron chi connectivity index (χ2n) is 5.13. The van der Waals surface area contributed by atoms with Crippen LogP contribution in [-0.2, 0) is 4.79 Å². The molecule has 0 aromatic rings. The van der Waals surface area contributed by atoms with E-state index >= 15 is 0 Å². The van der Waals surface area contributed by atoms with Crippen LogP contribution < -0.4 is 5.73 Å². The first kappa shape index (κ1) is 14.4. The highest BCUT2D eigenvalue weighted by Crippen LogP contribution is 2.33. The van der Waals surface area contributed by atoms with Crippen molar-refractivity contribution in [3.8, 4) is 0 Å². The number of carbonyl (C=O) groups is 1. The van der Waals surface area contributed by atoms with Crippen molar-refractivity contribution < 1.29 is 9.18 Å². The highest BCUT2D eigenvalue weighted by molar-refractivity contribution is 5.81. The van der Waals surface area contributed by atoms with E-state index in [4.69, 9.17) is 5.73 Å². The maximum absolute atomic E-state index is 12.0. The van der Waals surface area contributed by atoms with E-state index in [2.05, 4.69) is 4.90 Å². The molecule has 0 aromatic carbocycles. The lowest BCUT2D eigenvalue weighted by Crippen LogP contribution is -2.50. The van der Waals surface area contributed by atoms with Crippen molar-refractivity contribution in [1.29, 1.82) is 0 Å². The maximum Gasteiger partial charge on any atom is 0.224 e. The number of amides is 1. The van der Waals surface area contributed by atoms with Gasteiger partial charge in [-0.05, 0) is 51.6 Å². The highest BCUT2D eigenvalue weighted by Gasteiger charge is 2.38. The van der Waals surface area contributed by atoms with Gasteiger partial charge < -0.3 is 10.6 Å². The average molecular weight is 244 g/mol. The largest absolute Gasteiger partial charge is 0.369 e. The van der Waals surface area contributed by atoms with Crippen LogP contribution in [0.4, 0.5) is 4.39 Å². The molecule has 1 fully saturated rings. The van der Waals surface area contributed by atoms with Gasteiger partial charge in [0.15, 0.2) is 0 Å². The fourth-order valence-electron chi connectivity index (χ4n) is 2.69. The summed E-state index contributed by atoms with van der Waals surface area (Å²) in [6.45, 7) is 4.62. The minimum atomic E-state index is -0.321. The van der Waals surface area contributed by atoms with Gasteiger partial charge in [0.1, 0.15) is 0 Å². The van der Waals surface area contributed by atoms with E-state index in [1.54, 1.807) is 0 Å². The molecule has 1 atom stereocenters. The molecule has 0 bridgehead atoms. The Balaban J connectivity index is 2.40. The summed E-state index contributed by atoms with van der Waals surface area (Å²) in [5, 5.41) is 0. The van der Waals surface area contributed by atoms with Crippen molar-refractivity contribution in [3.05, 3.63) is 0 Å². The summed E-state index contributed by atoms with van der Waals surface area (Å²) >= 11 is 0. The Bertz CT molecular complexity index is 248. The Kier molecular flexibility index (Phi) is 5.89. The van der Waals surface area contributed by atoms with Gasteiger partial charge in [0.2, 0.25) is 5.91 Å². The Morgan fingerprint density at radius 2 is 2.18 bits per heavy atom. The molecule has 0 aromatic heterocycles. The molecule has 1 unspecified atom stereocenters. The number of hydrogen-bond acceptors (Lipinski definition) is 2. The Hall–Kier alpha value is -0.640. The third-order valence-corrected chi connectivity index (χ3v) is 3.96. The monoisotopic (exact) mass is 244 g/mol. The third kappa shape index (κ3) is 3.95. The molecule has 1 aliphatic rings. The molecule has 4 heteroatoms. The van der Waals surface area contributed by atoms with Gasteiger partial charge in [0.25, 0.3) is 0 Å². The van der Waals surface area contributed by atoms with Gasteiger partial charge in [-0.1, -0.05) is 6.92 Å². The Morgan fingerprint density at radius 1 is 1.41 bits per heavy atom. The van der Waals surface area contributed by atoms with E-state index in [0.29, 0.717) is 6.42 Å². The molecule has 17 heavy (non-hydrogen) atoms. The van der Waals surface area contributed by atoms with Gasteiger partial charge >= 0.3 is 0 Å². The van der Waals surface area contributed by atoms with Crippen LogP contribution in [0, 0.1) is 5.41 Å². The zero-order valence-electron chi connectivity index (χ0n) is 10.9. The van der Waals surface area contributed by atoms with Crippen molar-refractivity contribution >= 4 is 5.91 Å². The lowest BCUT2D eigenvalue weighted by atomic mass is 9.77. The Labute approximate surface area is 104 Å². The van der Waals surface area contributed by atoms with E-state index in [1.165, 1.54) is 0 Å². The Morgan fingerprint density at radius 3 is 2.76 bits per heavy atom. The second kappa shape index (κ2) is 6.94. The SMILES string of the molecule is CCC1(C(N)=O)CCCN(CCCCCF)C1. The lowest BCUT2D eigenvalue weighted by molar-refractivity contribution is -0.131. The topological polar surface area (TPSA) is 46.3 Å². The van der Waals surface area contributed by atoms with Gasteiger partial charge in [-0.15, -0.1) is 0 Å². The number of halogens is 1. The standard InChI is InChI=1S/C13H25FN2O/c1-2-13(12(15)17)7-6-10-16(11-13)9-5-3-4-8-14/h2-11H2,1H3,(H2,15,17). The number of nitrogens with zero attached hydrogens (tertiary/aromatic N) is 1. The van der Waals surface area contributed by atoms with E-state index < -0.39 is 0 Å². The summed E-state index contributed by atoms with van der Waals surface area (Å²) in [7, 11) is 0. The zero-order valence-corrected chi connectivity index (χ0v) is 10.9. The lowest BCUT2D eigenvalue weighted by Gasteiger charge is -2.40. The van der Waals surface area contributed by atoms with Crippen LogP contribution in [0.2, 0.25) is 0 Å². The number of hydrogen-bond donors (Lipinski definition) is 1. The molecule has 2 N–H and O–H groups in total. The van der Waals surface area contributed by atoms with Crippen LogP contribution >= 0.6 is 0 Å². The molecule has 0 radical (unpaired) electrons. The number of alkyl halides is 1. The van der Waals surface area contributed by atoms with Gasteiger partial charge in [-0.2, -0.15) is 0 Å². The number of piperidine rings is 1. The van der Waals surface area contributed by atoms with Crippen LogP contribution in [-0.4, -0.2) is 37.1 Å². The van der Waals surface area contributed by atoms with Crippen molar-refractivity contribution in [2.24, 2.45) is 11.1 Å². The van der Waals surface area contributed by atoms with E-state index in [1.807, 2.05) is 6.92 Å². The van der Waals surface area contributed by atoms with E-state index in [9.17, 15) is 9.18 Å². The number of nitrogens with two attached hydrogens (primary N) is 1. The fraction of sp³-hybridized carbons (Fsp3) is 0.923. The summed E-state index contributed by atoms with van der Waals surface area (Å²) in [5.41, 5.74) is 5.21. The third-order valence-electron chi connectivity index (χ3n) is 3.96. The number of carbonyl (C=O) groups excluding carboxylic acids is 1. The summed E-state index contributed by atoms with van der Waals surface area (Å²) in [5.74, 6) is -0.159. The van der Waals surface area contributed by atoms with E-state index in [-0.39, 0.29) is 18.0 Å². The second-order valence-corrected chi connectivity index (χ2v) is 5.13. The number of likely N-dealkylation sites (tertiary alicyclic amines) is 1. The summed E-state index contributed by atoms with van der Waals surface area (Å²) < 4.78 is 12.0. The van der Waals surface area contributed by atoms with Crippen molar-refractivity contribution in [1.82, 2.24) is 4.90 Å². The molecule has 1 rings (SSSR count). The first-order chi connectivity index (χ1) is 8.14. The van der Waals surface area contributed by atoms with Crippen molar-refractivity contribution in [2.45, 2.75) is 45.4 Å². The first-order valence-electron chi connectivity index (χ1n) is 6.73. The molecule has 0 spiro atoms. The van der Waals surface area contributed by atoms with Crippen LogP contribution in [0.15, 0.2) is 0 Å². The molecule has 1 heterocycles. The van der Waals surface area contributed by atoms with Gasteiger partial charge in [-0.3, -0.25) is 9.18 Å². The minimum absolute atomic E-state index is 0.159. The van der Waals surface area contributed by atoms with Gasteiger partial charge in [0.05, 0.1) is 12.1 Å². The minimum Gasteiger partial charge on any atom is -0.369 e. The predicted octanol–water partition coefficient (Wildman–Crippen LogP) is 2.10. The zero-order chi connectivity index (χ0) is 12.7. The average Bonchev–Trinajstić information content (AvgIpc) is 2.34. The molecule has 1 saturated heterocycles. The van der Waals surface area contributed by atoms with Crippen LogP contribution in [0.3, 0.4) is 0 Å². The fourth-order valence-corrected chi connectivity index (χ4v) is 2.69. The van der Waals surface area contributed by atoms with Crippen molar-refractivity contribution in [3.63, 3.8) is 0 Å². The molecule has 0 aliphatic carbocycles. The van der Waals surface area contributed by atoms with Crippen LogP contribution in [0.5, 0.6) is 0 Å². The maximum atomic E-state index is 12.0. The van der Waals surface area contributed by atoms with Gasteiger partial charge in [0, 0.05) is 6.54 Å².